The minimum absolute atomic E-state index is 0.168. The largest absolute Gasteiger partial charge is 0.481 e. The Balaban J connectivity index is 2.80. The molecule has 0 radical (unpaired) electrons. The van der Waals surface area contributed by atoms with E-state index in [0.29, 0.717) is 5.56 Å². The summed E-state index contributed by atoms with van der Waals surface area (Å²) in [6.07, 6.45) is -0.707. The molecule has 1 rings (SSSR count). The number of rotatable bonds is 7. The van der Waals surface area contributed by atoms with Crippen LogP contribution in [-0.4, -0.2) is 30.1 Å². The summed E-state index contributed by atoms with van der Waals surface area (Å²) < 4.78 is 17.8. The smallest absolute Gasteiger partial charge is 0.307 e. The van der Waals surface area contributed by atoms with Crippen molar-refractivity contribution in [2.45, 2.75) is 25.3 Å². The monoisotopic (exact) mass is 297 g/mol. The van der Waals surface area contributed by atoms with Crippen LogP contribution in [0.1, 0.15) is 30.9 Å². The number of carboxylic acid groups (broad SMARTS) is 1. The fourth-order valence-corrected chi connectivity index (χ4v) is 1.71. The zero-order valence-corrected chi connectivity index (χ0v) is 11.5. The number of esters is 1. The molecule has 0 aliphatic rings. The molecule has 1 amide bonds. The Bertz CT molecular complexity index is 532. The van der Waals surface area contributed by atoms with E-state index in [-0.39, 0.29) is 19.3 Å². The second-order valence-electron chi connectivity index (χ2n) is 4.35. The number of carbonyl (C=O) groups excluding carboxylic acids is 2. The third-order valence-corrected chi connectivity index (χ3v) is 2.75. The highest BCUT2D eigenvalue weighted by Crippen LogP contribution is 2.18. The van der Waals surface area contributed by atoms with Crippen LogP contribution in [0.2, 0.25) is 0 Å². The van der Waals surface area contributed by atoms with Crippen molar-refractivity contribution in [3.05, 3.63) is 35.6 Å². The molecule has 0 saturated heterocycles. The number of benzene rings is 1. The first-order chi connectivity index (χ1) is 9.92. The number of amides is 1. The van der Waals surface area contributed by atoms with Crippen LogP contribution in [0.3, 0.4) is 0 Å². The van der Waals surface area contributed by atoms with Crippen molar-refractivity contribution in [1.29, 1.82) is 0 Å². The van der Waals surface area contributed by atoms with Gasteiger partial charge in [-0.25, -0.2) is 4.39 Å². The van der Waals surface area contributed by atoms with Crippen molar-refractivity contribution in [3.63, 3.8) is 0 Å². The molecule has 0 fully saturated rings. The number of methoxy groups -OCH3 is 1. The highest BCUT2D eigenvalue weighted by molar-refractivity contribution is 5.81. The van der Waals surface area contributed by atoms with Crippen molar-refractivity contribution in [2.24, 2.45) is 0 Å². The van der Waals surface area contributed by atoms with E-state index in [2.05, 4.69) is 10.1 Å². The summed E-state index contributed by atoms with van der Waals surface area (Å²) in [5.41, 5.74) is 0.407. The summed E-state index contributed by atoms with van der Waals surface area (Å²) in [6, 6.07) is 4.69. The molecule has 0 heterocycles. The molecular weight excluding hydrogens is 281 g/mol. The maximum absolute atomic E-state index is 13.2. The highest BCUT2D eigenvalue weighted by Gasteiger charge is 2.19. The number of hydrogen-bond acceptors (Lipinski definition) is 4. The van der Waals surface area contributed by atoms with Gasteiger partial charge in [-0.15, -0.1) is 0 Å². The first-order valence-electron chi connectivity index (χ1n) is 6.25. The third-order valence-electron chi connectivity index (χ3n) is 2.75. The molecule has 0 aliphatic heterocycles. The lowest BCUT2D eigenvalue weighted by Gasteiger charge is -2.18. The lowest BCUT2D eigenvalue weighted by molar-refractivity contribution is -0.142. The molecule has 1 atom stereocenters. The number of hydrogen-bond donors (Lipinski definition) is 2. The fourth-order valence-electron chi connectivity index (χ4n) is 1.71. The van der Waals surface area contributed by atoms with Gasteiger partial charge in [0.2, 0.25) is 5.91 Å². The average Bonchev–Trinajstić information content (AvgIpc) is 2.44. The molecular formula is C14H16FNO5. The maximum Gasteiger partial charge on any atom is 0.307 e. The van der Waals surface area contributed by atoms with Gasteiger partial charge in [-0.3, -0.25) is 14.4 Å². The van der Waals surface area contributed by atoms with Gasteiger partial charge in [-0.2, -0.15) is 0 Å². The van der Waals surface area contributed by atoms with Gasteiger partial charge in [0.1, 0.15) is 5.82 Å². The van der Waals surface area contributed by atoms with Crippen molar-refractivity contribution in [3.8, 4) is 0 Å². The molecule has 1 aromatic rings. The van der Waals surface area contributed by atoms with Crippen LogP contribution in [0.4, 0.5) is 4.39 Å². The van der Waals surface area contributed by atoms with Crippen LogP contribution in [0, 0.1) is 5.82 Å². The topological polar surface area (TPSA) is 92.7 Å². The number of aliphatic carboxylic acids is 1. The predicted octanol–water partition coefficient (Wildman–Crippen LogP) is 1.41. The number of carbonyl (C=O) groups is 3. The fraction of sp³-hybridized carbons (Fsp3) is 0.357. The molecule has 21 heavy (non-hydrogen) atoms. The Labute approximate surface area is 120 Å². The lowest BCUT2D eigenvalue weighted by atomic mass is 10.0. The van der Waals surface area contributed by atoms with Crippen LogP contribution >= 0.6 is 0 Å². The Hall–Kier alpha value is -2.44. The molecule has 0 spiro atoms. The van der Waals surface area contributed by atoms with E-state index in [1.54, 1.807) is 6.07 Å². The zero-order chi connectivity index (χ0) is 15.8. The number of halogens is 1. The maximum atomic E-state index is 13.2. The molecule has 0 aliphatic carbocycles. The molecule has 0 bridgehead atoms. The normalized spacial score (nSPS) is 11.5. The van der Waals surface area contributed by atoms with Gasteiger partial charge in [0.25, 0.3) is 0 Å². The van der Waals surface area contributed by atoms with Gasteiger partial charge in [-0.1, -0.05) is 12.1 Å². The first kappa shape index (κ1) is 16.6. The van der Waals surface area contributed by atoms with Crippen molar-refractivity contribution < 1.29 is 28.6 Å². The predicted molar refractivity (Wildman–Crippen MR) is 70.8 cm³/mol. The van der Waals surface area contributed by atoms with E-state index in [0.717, 1.165) is 0 Å². The Morgan fingerprint density at radius 3 is 2.62 bits per heavy atom. The van der Waals surface area contributed by atoms with Gasteiger partial charge in [0.05, 0.1) is 26.0 Å². The second kappa shape index (κ2) is 7.98. The van der Waals surface area contributed by atoms with Crippen LogP contribution in [-0.2, 0) is 19.1 Å². The number of carboxylic acids is 1. The lowest BCUT2D eigenvalue weighted by Crippen LogP contribution is -2.30. The Kier molecular flexibility index (Phi) is 6.32. The highest BCUT2D eigenvalue weighted by atomic mass is 19.1. The van der Waals surface area contributed by atoms with Gasteiger partial charge in [0.15, 0.2) is 0 Å². The summed E-state index contributed by atoms with van der Waals surface area (Å²) in [4.78, 5) is 33.5. The molecule has 2 N–H and O–H groups in total. The van der Waals surface area contributed by atoms with E-state index >= 15 is 0 Å². The van der Waals surface area contributed by atoms with E-state index < -0.39 is 29.7 Å². The van der Waals surface area contributed by atoms with Crippen LogP contribution in [0.15, 0.2) is 24.3 Å². The second-order valence-corrected chi connectivity index (χ2v) is 4.35. The van der Waals surface area contributed by atoms with Gasteiger partial charge in [0, 0.05) is 6.42 Å². The molecule has 7 heteroatoms. The Morgan fingerprint density at radius 1 is 1.33 bits per heavy atom. The zero-order valence-electron chi connectivity index (χ0n) is 11.5. The summed E-state index contributed by atoms with van der Waals surface area (Å²) >= 11 is 0. The van der Waals surface area contributed by atoms with Gasteiger partial charge >= 0.3 is 11.9 Å². The van der Waals surface area contributed by atoms with Crippen LogP contribution in [0.5, 0.6) is 0 Å². The van der Waals surface area contributed by atoms with E-state index in [1.807, 2.05) is 0 Å². The van der Waals surface area contributed by atoms with Gasteiger partial charge in [-0.05, 0) is 17.7 Å². The number of ether oxygens (including phenoxy) is 1. The summed E-state index contributed by atoms with van der Waals surface area (Å²) in [5.74, 6) is -2.69. The van der Waals surface area contributed by atoms with Crippen molar-refractivity contribution in [2.75, 3.05) is 7.11 Å². The molecule has 114 valence electrons. The minimum atomic E-state index is -1.10. The quantitative estimate of drug-likeness (QED) is 0.742. The van der Waals surface area contributed by atoms with E-state index in [9.17, 15) is 18.8 Å². The van der Waals surface area contributed by atoms with Crippen LogP contribution in [0.25, 0.3) is 0 Å². The van der Waals surface area contributed by atoms with Crippen molar-refractivity contribution >= 4 is 17.8 Å². The molecule has 6 nitrogen and oxygen atoms in total. The van der Waals surface area contributed by atoms with E-state index in [4.69, 9.17) is 5.11 Å². The minimum Gasteiger partial charge on any atom is -0.481 e. The molecule has 1 unspecified atom stereocenters. The SMILES string of the molecule is COC(=O)CC(NC(=O)CCC(=O)O)c1cccc(F)c1. The number of nitrogens with one attached hydrogen (secondary N) is 1. The van der Waals surface area contributed by atoms with Crippen LogP contribution < -0.4 is 5.32 Å². The molecule has 0 aromatic heterocycles. The summed E-state index contributed by atoms with van der Waals surface area (Å²) in [5, 5.41) is 11.0. The summed E-state index contributed by atoms with van der Waals surface area (Å²) in [7, 11) is 1.21. The first-order valence-corrected chi connectivity index (χ1v) is 6.25. The molecule has 1 aromatic carbocycles. The standard InChI is InChI=1S/C14H16FNO5/c1-21-14(20)8-11(9-3-2-4-10(15)7-9)16-12(17)5-6-13(18)19/h2-4,7,11H,5-6,8H2,1H3,(H,16,17)(H,18,19). The van der Waals surface area contributed by atoms with E-state index in [1.165, 1.54) is 25.3 Å². The molecule has 0 saturated carbocycles. The average molecular weight is 297 g/mol. The third kappa shape index (κ3) is 6.03. The Morgan fingerprint density at radius 2 is 2.05 bits per heavy atom. The van der Waals surface area contributed by atoms with Crippen molar-refractivity contribution in [1.82, 2.24) is 5.32 Å². The van der Waals surface area contributed by atoms with Gasteiger partial charge < -0.3 is 15.2 Å². The summed E-state index contributed by atoms with van der Waals surface area (Å²) in [6.45, 7) is 0.